The van der Waals surface area contributed by atoms with Gasteiger partial charge in [-0.05, 0) is 12.8 Å². The van der Waals surface area contributed by atoms with Gasteiger partial charge in [-0.3, -0.25) is 24.6 Å². The minimum Gasteiger partial charge on any atom is -0.871 e. The zero-order chi connectivity index (χ0) is 15.6. The molecule has 0 saturated carbocycles. The molecule has 0 aromatic heterocycles. The molecule has 0 aliphatic carbocycles. The molecule has 0 N–H and O–H groups in total. The number of imide groups is 1. The van der Waals surface area contributed by atoms with Crippen LogP contribution in [0.15, 0.2) is 18.2 Å². The molecule has 8 heteroatoms. The first-order valence-electron chi connectivity index (χ1n) is 6.98. The van der Waals surface area contributed by atoms with Crippen molar-refractivity contribution in [2.24, 2.45) is 11.8 Å². The van der Waals surface area contributed by atoms with Gasteiger partial charge in [0.05, 0.1) is 34.7 Å². The lowest BCUT2D eigenvalue weighted by molar-refractivity contribution is -0.385. The molecule has 0 spiro atoms. The van der Waals surface area contributed by atoms with Gasteiger partial charge < -0.3 is 9.84 Å². The summed E-state index contributed by atoms with van der Waals surface area (Å²) in [5.41, 5.74) is -0.565. The predicted molar refractivity (Wildman–Crippen MR) is 69.9 cm³/mol. The number of nitrogens with zero attached hydrogens (tertiary/aromatic N) is 2. The molecule has 0 radical (unpaired) electrons. The van der Waals surface area contributed by atoms with Crippen molar-refractivity contribution in [3.8, 4) is 5.75 Å². The maximum Gasteiger partial charge on any atom is 0.271 e. The van der Waals surface area contributed by atoms with Crippen molar-refractivity contribution < 1.29 is 24.4 Å². The molecule has 22 heavy (non-hydrogen) atoms. The molecule has 3 saturated heterocycles. The third-order valence-corrected chi connectivity index (χ3v) is 4.68. The van der Waals surface area contributed by atoms with Crippen LogP contribution in [0, 0.1) is 22.0 Å². The molecule has 3 fully saturated rings. The lowest BCUT2D eigenvalue weighted by Gasteiger charge is -2.22. The smallest absolute Gasteiger partial charge is 0.271 e. The molecule has 4 atom stereocenters. The van der Waals surface area contributed by atoms with Crippen LogP contribution in [-0.2, 0) is 14.3 Å². The van der Waals surface area contributed by atoms with Gasteiger partial charge in [-0.1, -0.05) is 11.8 Å². The molecule has 1 aromatic carbocycles. The van der Waals surface area contributed by atoms with E-state index >= 15 is 0 Å². The number of anilines is 1. The topological polar surface area (TPSA) is 113 Å². The third kappa shape index (κ3) is 1.55. The summed E-state index contributed by atoms with van der Waals surface area (Å²) < 4.78 is 5.60. The first kappa shape index (κ1) is 13.2. The molecular formula is C14H11N2O6-. The van der Waals surface area contributed by atoms with Gasteiger partial charge in [-0.2, -0.15) is 0 Å². The van der Waals surface area contributed by atoms with Crippen LogP contribution in [0.1, 0.15) is 12.8 Å². The van der Waals surface area contributed by atoms with E-state index in [1.807, 2.05) is 0 Å². The molecular weight excluding hydrogens is 292 g/mol. The summed E-state index contributed by atoms with van der Waals surface area (Å²) in [7, 11) is 0. The maximum absolute atomic E-state index is 12.5. The van der Waals surface area contributed by atoms with E-state index < -0.39 is 34.3 Å². The fourth-order valence-corrected chi connectivity index (χ4v) is 3.74. The van der Waals surface area contributed by atoms with Crippen molar-refractivity contribution in [3.05, 3.63) is 28.3 Å². The molecule has 1 aromatic rings. The molecule has 2 bridgehead atoms. The van der Waals surface area contributed by atoms with Gasteiger partial charge >= 0.3 is 0 Å². The van der Waals surface area contributed by atoms with E-state index in [-0.39, 0.29) is 23.6 Å². The van der Waals surface area contributed by atoms with Crippen molar-refractivity contribution in [1.29, 1.82) is 0 Å². The number of ether oxygens (including phenoxy) is 1. The monoisotopic (exact) mass is 303 g/mol. The lowest BCUT2D eigenvalue weighted by Crippen LogP contribution is -2.34. The third-order valence-electron chi connectivity index (χ3n) is 4.68. The summed E-state index contributed by atoms with van der Waals surface area (Å²) in [5, 5.41) is 22.8. The summed E-state index contributed by atoms with van der Waals surface area (Å²) in [6.07, 6.45) is 0.867. The van der Waals surface area contributed by atoms with Crippen LogP contribution in [0.5, 0.6) is 5.75 Å². The lowest BCUT2D eigenvalue weighted by atomic mass is 9.81. The number of amides is 2. The Kier molecular flexibility index (Phi) is 2.56. The standard InChI is InChI=1S/C14H12N2O6/c17-8-2-1-6(16(20)21)5-7(8)15-13(18)11-9-3-4-10(22-9)12(11)14(15)19/h1-2,5,9-12,17H,3-4H2/p-1/t9-,10+,11-,12-/m0/s1. The highest BCUT2D eigenvalue weighted by molar-refractivity contribution is 6.23. The number of rotatable bonds is 2. The molecule has 114 valence electrons. The fourth-order valence-electron chi connectivity index (χ4n) is 3.74. The second kappa shape index (κ2) is 4.26. The zero-order valence-electron chi connectivity index (χ0n) is 11.3. The molecule has 0 unspecified atom stereocenters. The number of carbonyl (C=O) groups is 2. The van der Waals surface area contributed by atoms with Crippen LogP contribution in [-0.4, -0.2) is 28.9 Å². The Morgan fingerprint density at radius 3 is 2.27 bits per heavy atom. The highest BCUT2D eigenvalue weighted by atomic mass is 16.6. The number of benzene rings is 1. The van der Waals surface area contributed by atoms with Gasteiger partial charge in [0.25, 0.3) is 5.69 Å². The first-order valence-corrected chi connectivity index (χ1v) is 6.98. The molecule has 4 rings (SSSR count). The van der Waals surface area contributed by atoms with Gasteiger partial charge in [-0.15, -0.1) is 0 Å². The van der Waals surface area contributed by atoms with Gasteiger partial charge in [0.2, 0.25) is 11.8 Å². The largest absolute Gasteiger partial charge is 0.871 e. The number of nitro groups is 1. The predicted octanol–water partition coefficient (Wildman–Crippen LogP) is 0.335. The Morgan fingerprint density at radius 2 is 1.73 bits per heavy atom. The van der Waals surface area contributed by atoms with E-state index in [4.69, 9.17) is 4.74 Å². The number of non-ortho nitro benzene ring substituents is 1. The summed E-state index contributed by atoms with van der Waals surface area (Å²) in [4.78, 5) is 36.1. The summed E-state index contributed by atoms with van der Waals surface area (Å²) in [6.45, 7) is 0. The summed E-state index contributed by atoms with van der Waals surface area (Å²) in [5.74, 6) is -2.69. The van der Waals surface area contributed by atoms with E-state index in [0.717, 1.165) is 35.9 Å². The van der Waals surface area contributed by atoms with E-state index in [9.17, 15) is 24.8 Å². The number of hydrogen-bond acceptors (Lipinski definition) is 6. The normalized spacial score (nSPS) is 32.6. The van der Waals surface area contributed by atoms with Crippen LogP contribution < -0.4 is 10.0 Å². The van der Waals surface area contributed by atoms with Gasteiger partial charge in [0.15, 0.2) is 0 Å². The highest BCUT2D eigenvalue weighted by Crippen LogP contribution is 2.50. The number of hydrogen-bond donors (Lipinski definition) is 0. The molecule has 3 heterocycles. The average Bonchev–Trinajstić information content (AvgIpc) is 3.14. The van der Waals surface area contributed by atoms with Crippen molar-refractivity contribution in [3.63, 3.8) is 0 Å². The van der Waals surface area contributed by atoms with Gasteiger partial charge in [-0.25, -0.2) is 0 Å². The summed E-state index contributed by atoms with van der Waals surface area (Å²) >= 11 is 0. The van der Waals surface area contributed by atoms with Gasteiger partial charge in [0.1, 0.15) is 0 Å². The Labute approximate surface area is 124 Å². The molecule has 3 aliphatic heterocycles. The quantitative estimate of drug-likeness (QED) is 0.442. The van der Waals surface area contributed by atoms with E-state index in [1.165, 1.54) is 0 Å². The second-order valence-electron chi connectivity index (χ2n) is 5.76. The minimum atomic E-state index is -0.665. The van der Waals surface area contributed by atoms with Crippen LogP contribution in [0.25, 0.3) is 0 Å². The fraction of sp³-hybridized carbons (Fsp3) is 0.429. The van der Waals surface area contributed by atoms with Crippen LogP contribution in [0.3, 0.4) is 0 Å². The number of fused-ring (bicyclic) bond motifs is 5. The van der Waals surface area contributed by atoms with Crippen LogP contribution in [0.4, 0.5) is 11.4 Å². The summed E-state index contributed by atoms with van der Waals surface area (Å²) in [6, 6.07) is 3.06. The Hall–Kier alpha value is -2.48. The van der Waals surface area contributed by atoms with Crippen LogP contribution in [0.2, 0.25) is 0 Å². The number of nitro benzene ring substituents is 1. The molecule has 2 amide bonds. The van der Waals surface area contributed by atoms with Crippen molar-refractivity contribution in [2.75, 3.05) is 4.90 Å². The van der Waals surface area contributed by atoms with E-state index in [2.05, 4.69) is 0 Å². The van der Waals surface area contributed by atoms with Gasteiger partial charge in [0, 0.05) is 12.1 Å². The molecule has 3 aliphatic rings. The SMILES string of the molecule is O=C1[C@@H]2[C@@H](C(=O)N1c1cc([N+](=O)[O-])ccc1[O-])[C@H]1CC[C@@H]2O1. The maximum atomic E-state index is 12.5. The van der Waals surface area contributed by atoms with Crippen molar-refractivity contribution in [2.45, 2.75) is 25.0 Å². The van der Waals surface area contributed by atoms with E-state index in [1.54, 1.807) is 0 Å². The Bertz CT molecular complexity index is 689. The minimum absolute atomic E-state index is 0.238. The Morgan fingerprint density at radius 1 is 1.14 bits per heavy atom. The first-order chi connectivity index (χ1) is 10.5. The van der Waals surface area contributed by atoms with E-state index in [0.29, 0.717) is 0 Å². The van der Waals surface area contributed by atoms with Crippen molar-refractivity contribution >= 4 is 23.2 Å². The average molecular weight is 303 g/mol. The second-order valence-corrected chi connectivity index (χ2v) is 5.76. The number of carbonyl (C=O) groups excluding carboxylic acids is 2. The highest BCUT2D eigenvalue weighted by Gasteiger charge is 2.62. The zero-order valence-corrected chi connectivity index (χ0v) is 11.3. The van der Waals surface area contributed by atoms with Crippen molar-refractivity contribution in [1.82, 2.24) is 0 Å². The molecule has 8 nitrogen and oxygen atoms in total. The van der Waals surface area contributed by atoms with Crippen LogP contribution >= 0.6 is 0 Å². The Balaban J connectivity index is 1.78.